The lowest BCUT2D eigenvalue weighted by Crippen LogP contribution is -2.38. The number of aliphatic hydroxyl groups is 1. The molecule has 0 radical (unpaired) electrons. The zero-order valence-corrected chi connectivity index (χ0v) is 22.9. The van der Waals surface area contributed by atoms with Gasteiger partial charge >= 0.3 is 0 Å². The average Bonchev–Trinajstić information content (AvgIpc) is 3.41. The molecule has 1 aromatic carbocycles. The number of piperidine rings is 1. The Bertz CT molecular complexity index is 926. The zero-order valence-electron chi connectivity index (χ0n) is 21.3. The molecule has 0 unspecified atom stereocenters. The van der Waals surface area contributed by atoms with Gasteiger partial charge in [-0.15, -0.1) is 24.8 Å². The number of aryl methyl sites for hydroxylation is 1. The second kappa shape index (κ2) is 13.0. The standard InChI is InChI=1S/C27H41N3O3.2ClH/c1-29(2)17-23-26(32-18-20-6-7-20)11-9-22-24(28-33-27(22)23)10-8-19-12-14-30(15-13-19)16-21-4-3-5-25(21)31;;/h9,11,19-21,25,31H,3-8,10,12-18H2,1-2H3;2*1H/t21-,25-;;/m0../s1. The van der Waals surface area contributed by atoms with Gasteiger partial charge in [-0.2, -0.15) is 0 Å². The summed E-state index contributed by atoms with van der Waals surface area (Å²) < 4.78 is 12.1. The van der Waals surface area contributed by atoms with Crippen LogP contribution < -0.4 is 4.74 Å². The summed E-state index contributed by atoms with van der Waals surface area (Å²) in [5, 5.41) is 15.8. The van der Waals surface area contributed by atoms with Crippen LogP contribution in [-0.2, 0) is 13.0 Å². The van der Waals surface area contributed by atoms with E-state index in [4.69, 9.17) is 9.26 Å². The lowest BCUT2D eigenvalue weighted by atomic mass is 9.90. The maximum absolute atomic E-state index is 10.1. The lowest BCUT2D eigenvalue weighted by Gasteiger charge is -2.34. The van der Waals surface area contributed by atoms with Crippen LogP contribution in [0.3, 0.4) is 0 Å². The van der Waals surface area contributed by atoms with Crippen molar-refractivity contribution in [1.29, 1.82) is 0 Å². The number of halogens is 2. The first-order valence-electron chi connectivity index (χ1n) is 13.1. The molecule has 2 saturated carbocycles. The van der Waals surface area contributed by atoms with Crippen LogP contribution in [0.4, 0.5) is 0 Å². The van der Waals surface area contributed by atoms with Crippen LogP contribution in [0.5, 0.6) is 5.75 Å². The Morgan fingerprint density at radius 1 is 1.06 bits per heavy atom. The van der Waals surface area contributed by atoms with Gasteiger partial charge in [-0.25, -0.2) is 0 Å². The molecule has 5 rings (SSSR count). The van der Waals surface area contributed by atoms with Crippen molar-refractivity contribution in [3.05, 3.63) is 23.4 Å². The molecule has 0 bridgehead atoms. The van der Waals surface area contributed by atoms with Crippen molar-refractivity contribution < 1.29 is 14.4 Å². The molecule has 2 atom stereocenters. The molecular formula is C27H43Cl2N3O3. The summed E-state index contributed by atoms with van der Waals surface area (Å²) in [6, 6.07) is 4.28. The lowest BCUT2D eigenvalue weighted by molar-refractivity contribution is 0.0859. The maximum Gasteiger partial charge on any atom is 0.175 e. The van der Waals surface area contributed by atoms with Gasteiger partial charge in [0.15, 0.2) is 5.58 Å². The Hall–Kier alpha value is -1.05. The van der Waals surface area contributed by atoms with Gasteiger partial charge in [0.1, 0.15) is 5.75 Å². The van der Waals surface area contributed by atoms with Crippen molar-refractivity contribution in [2.45, 2.75) is 70.4 Å². The Balaban J connectivity index is 0.00000171. The van der Waals surface area contributed by atoms with Gasteiger partial charge in [0.05, 0.1) is 24.0 Å². The first kappa shape index (κ1) is 28.5. The first-order chi connectivity index (χ1) is 16.1. The summed E-state index contributed by atoms with van der Waals surface area (Å²) >= 11 is 0. The average molecular weight is 529 g/mol. The number of nitrogens with zero attached hydrogens (tertiary/aromatic N) is 3. The Morgan fingerprint density at radius 3 is 2.49 bits per heavy atom. The van der Waals surface area contributed by atoms with E-state index in [1.807, 2.05) is 0 Å². The van der Waals surface area contributed by atoms with E-state index in [1.54, 1.807) is 0 Å². The molecule has 1 aromatic heterocycles. The number of ether oxygens (including phenoxy) is 1. The van der Waals surface area contributed by atoms with E-state index in [9.17, 15) is 5.11 Å². The minimum atomic E-state index is -0.0693. The summed E-state index contributed by atoms with van der Waals surface area (Å²) in [5.74, 6) is 2.93. The van der Waals surface area contributed by atoms with Crippen LogP contribution in [0, 0.1) is 17.8 Å². The summed E-state index contributed by atoms with van der Waals surface area (Å²) in [5.41, 5.74) is 3.12. The van der Waals surface area contributed by atoms with Crippen LogP contribution in [0.2, 0.25) is 0 Å². The summed E-state index contributed by atoms with van der Waals surface area (Å²) in [6.07, 6.45) is 10.6. The normalized spacial score (nSPS) is 23.4. The highest BCUT2D eigenvalue weighted by Crippen LogP contribution is 2.35. The monoisotopic (exact) mass is 527 g/mol. The highest BCUT2D eigenvalue weighted by molar-refractivity contribution is 5.86. The molecule has 198 valence electrons. The molecule has 6 nitrogen and oxygen atoms in total. The van der Waals surface area contributed by atoms with E-state index in [0.717, 1.165) is 72.3 Å². The molecule has 0 amide bonds. The molecule has 1 aliphatic heterocycles. The third-order valence-electron chi connectivity index (χ3n) is 8.03. The second-order valence-electron chi connectivity index (χ2n) is 11.1. The Labute approximate surface area is 222 Å². The van der Waals surface area contributed by atoms with Crippen molar-refractivity contribution in [2.75, 3.05) is 40.3 Å². The highest BCUT2D eigenvalue weighted by Gasteiger charge is 2.29. The van der Waals surface area contributed by atoms with E-state index in [-0.39, 0.29) is 30.9 Å². The number of benzene rings is 1. The van der Waals surface area contributed by atoms with Gasteiger partial charge in [-0.1, -0.05) is 11.6 Å². The van der Waals surface area contributed by atoms with Crippen molar-refractivity contribution in [3.8, 4) is 5.75 Å². The van der Waals surface area contributed by atoms with E-state index >= 15 is 0 Å². The maximum atomic E-state index is 10.1. The fourth-order valence-corrected chi connectivity index (χ4v) is 5.73. The van der Waals surface area contributed by atoms with Crippen molar-refractivity contribution >= 4 is 35.8 Å². The molecule has 2 aromatic rings. The molecule has 2 heterocycles. The van der Waals surface area contributed by atoms with Crippen LogP contribution in [0.25, 0.3) is 11.0 Å². The van der Waals surface area contributed by atoms with Crippen LogP contribution >= 0.6 is 24.8 Å². The van der Waals surface area contributed by atoms with Gasteiger partial charge in [0.2, 0.25) is 0 Å². The van der Waals surface area contributed by atoms with Gasteiger partial charge in [-0.3, -0.25) is 0 Å². The molecule has 1 saturated heterocycles. The molecule has 1 N–H and O–H groups in total. The first-order valence-corrected chi connectivity index (χ1v) is 13.1. The van der Waals surface area contributed by atoms with E-state index in [0.29, 0.717) is 5.92 Å². The Morgan fingerprint density at radius 2 is 1.83 bits per heavy atom. The van der Waals surface area contributed by atoms with E-state index in [1.165, 1.54) is 58.0 Å². The molecule has 8 heteroatoms. The van der Waals surface area contributed by atoms with Crippen LogP contribution in [0.1, 0.15) is 62.6 Å². The van der Waals surface area contributed by atoms with Gasteiger partial charge in [0, 0.05) is 18.5 Å². The fraction of sp³-hybridized carbons (Fsp3) is 0.741. The van der Waals surface area contributed by atoms with E-state index < -0.39 is 0 Å². The largest absolute Gasteiger partial charge is 0.493 e. The molecule has 3 aliphatic rings. The predicted octanol–water partition coefficient (Wildman–Crippen LogP) is 5.33. The topological polar surface area (TPSA) is 62.0 Å². The highest BCUT2D eigenvalue weighted by atomic mass is 35.5. The minimum absolute atomic E-state index is 0. The quantitative estimate of drug-likeness (QED) is 0.450. The van der Waals surface area contributed by atoms with Gasteiger partial charge in [0.25, 0.3) is 0 Å². The minimum Gasteiger partial charge on any atom is -0.493 e. The predicted molar refractivity (Wildman–Crippen MR) is 145 cm³/mol. The number of aliphatic hydroxyl groups excluding tert-OH is 1. The summed E-state index contributed by atoms with van der Waals surface area (Å²) in [4.78, 5) is 4.75. The van der Waals surface area contributed by atoms with Gasteiger partial charge < -0.3 is 24.2 Å². The second-order valence-corrected chi connectivity index (χ2v) is 11.1. The van der Waals surface area contributed by atoms with Gasteiger partial charge in [-0.05, 0) is 108 Å². The van der Waals surface area contributed by atoms with Crippen LogP contribution in [-0.4, -0.2) is 66.5 Å². The summed E-state index contributed by atoms with van der Waals surface area (Å²) in [6.45, 7) is 5.03. The number of rotatable bonds is 10. The van der Waals surface area contributed by atoms with Crippen molar-refractivity contribution in [3.63, 3.8) is 0 Å². The third-order valence-corrected chi connectivity index (χ3v) is 8.03. The van der Waals surface area contributed by atoms with Crippen LogP contribution in [0.15, 0.2) is 16.7 Å². The van der Waals surface area contributed by atoms with E-state index in [2.05, 4.69) is 41.2 Å². The number of likely N-dealkylation sites (tertiary alicyclic amines) is 1. The number of fused-ring (bicyclic) bond motifs is 1. The number of aromatic nitrogens is 1. The molecule has 35 heavy (non-hydrogen) atoms. The number of hydrogen-bond acceptors (Lipinski definition) is 6. The molecule has 2 aliphatic carbocycles. The number of hydrogen-bond donors (Lipinski definition) is 1. The molecule has 3 fully saturated rings. The SMILES string of the molecule is CN(C)Cc1c(OCC2CC2)ccc2c(CCC3CCN(C[C@@H]4CCC[C@@H]4O)CC3)noc12.Cl.Cl. The fourth-order valence-electron chi connectivity index (χ4n) is 5.73. The summed E-state index contributed by atoms with van der Waals surface area (Å²) in [7, 11) is 4.17. The third kappa shape index (κ3) is 7.26. The zero-order chi connectivity index (χ0) is 22.8. The van der Waals surface area contributed by atoms with Crippen molar-refractivity contribution in [2.24, 2.45) is 17.8 Å². The molecule has 0 spiro atoms. The van der Waals surface area contributed by atoms with Crippen molar-refractivity contribution in [1.82, 2.24) is 15.0 Å². The molecular weight excluding hydrogens is 485 g/mol. The Kier molecular flexibility index (Phi) is 10.6. The smallest absolute Gasteiger partial charge is 0.175 e.